The number of halogens is 4. The second-order valence-corrected chi connectivity index (χ2v) is 8.43. The first-order valence-electron chi connectivity index (χ1n) is 9.19. The molecule has 0 unspecified atom stereocenters. The summed E-state index contributed by atoms with van der Waals surface area (Å²) in [5, 5.41) is 13.0. The maximum absolute atomic E-state index is 12.7. The second kappa shape index (κ2) is 7.79. The van der Waals surface area contributed by atoms with E-state index in [1.807, 2.05) is 4.57 Å². The third kappa shape index (κ3) is 4.14. The van der Waals surface area contributed by atoms with Gasteiger partial charge in [-0.1, -0.05) is 0 Å². The fraction of sp³-hybridized carbons (Fsp3) is 0.300. The molecule has 10 heteroatoms. The summed E-state index contributed by atoms with van der Waals surface area (Å²) in [6, 6.07) is 8.94. The molecule has 30 heavy (non-hydrogen) atoms. The van der Waals surface area contributed by atoms with Crippen LogP contribution >= 0.6 is 27.5 Å². The molecule has 4 rings (SSSR count). The van der Waals surface area contributed by atoms with Gasteiger partial charge in [0.2, 0.25) is 0 Å². The zero-order chi connectivity index (χ0) is 21.6. The maximum atomic E-state index is 12.7. The molecule has 0 aliphatic carbocycles. The normalized spacial score (nSPS) is 18.9. The van der Waals surface area contributed by atoms with E-state index in [2.05, 4.69) is 37.9 Å². The van der Waals surface area contributed by atoms with E-state index in [9.17, 15) is 18.7 Å². The molecule has 2 N–H and O–H groups in total. The molecule has 0 saturated carbocycles. The zero-order valence-corrected chi connectivity index (χ0v) is 18.0. The van der Waals surface area contributed by atoms with E-state index in [4.69, 9.17) is 11.6 Å². The Hall–Kier alpha value is -2.23. The third-order valence-corrected chi connectivity index (χ3v) is 5.65. The van der Waals surface area contributed by atoms with Crippen molar-refractivity contribution in [1.29, 1.82) is 0 Å². The predicted molar refractivity (Wildman–Crippen MR) is 112 cm³/mol. The minimum Gasteiger partial charge on any atom is -0.420 e. The fourth-order valence-electron chi connectivity index (χ4n) is 3.61. The highest BCUT2D eigenvalue weighted by molar-refractivity contribution is 9.10. The standard InChI is InChI=1S/C20H17BrClF2N3O3/c1-10-2-7-16(28)18-26-15-9-11(8-14(21)17(15)27(10)18)19(29)25-12-3-5-13(6-4-12)30-20(22,23)24/h3-6,8-10,16,28H,2,7H2,1H3,(H,25,29)/t10-,16-/m1/s1. The molecule has 0 spiro atoms. The number of aliphatic hydroxyl groups excluding tert-OH is 1. The van der Waals surface area contributed by atoms with Crippen LogP contribution < -0.4 is 10.1 Å². The molecule has 158 valence electrons. The Morgan fingerprint density at radius 3 is 2.70 bits per heavy atom. The molecule has 2 atom stereocenters. The molecule has 1 aliphatic heterocycles. The van der Waals surface area contributed by atoms with E-state index in [1.54, 1.807) is 12.1 Å². The number of nitrogens with one attached hydrogen (secondary N) is 1. The highest BCUT2D eigenvalue weighted by atomic mass is 79.9. The van der Waals surface area contributed by atoms with Crippen molar-refractivity contribution in [3.8, 4) is 5.75 Å². The van der Waals surface area contributed by atoms with Crippen LogP contribution in [0.15, 0.2) is 40.9 Å². The van der Waals surface area contributed by atoms with Crippen molar-refractivity contribution < 1.29 is 23.4 Å². The van der Waals surface area contributed by atoms with Crippen LogP contribution in [-0.4, -0.2) is 26.1 Å². The highest BCUT2D eigenvalue weighted by Crippen LogP contribution is 2.38. The van der Waals surface area contributed by atoms with Gasteiger partial charge in [-0.05, 0) is 72.1 Å². The van der Waals surface area contributed by atoms with Gasteiger partial charge in [-0.15, -0.1) is 8.78 Å². The lowest BCUT2D eigenvalue weighted by Crippen LogP contribution is -2.19. The van der Waals surface area contributed by atoms with E-state index >= 15 is 0 Å². The number of anilines is 1. The lowest BCUT2D eigenvalue weighted by Gasteiger charge is -2.26. The van der Waals surface area contributed by atoms with E-state index in [1.165, 1.54) is 24.3 Å². The van der Waals surface area contributed by atoms with Crippen molar-refractivity contribution in [2.75, 3.05) is 5.32 Å². The van der Waals surface area contributed by atoms with Gasteiger partial charge in [-0.2, -0.15) is 0 Å². The first-order valence-corrected chi connectivity index (χ1v) is 10.4. The summed E-state index contributed by atoms with van der Waals surface area (Å²) < 4.78 is 32.3. The zero-order valence-electron chi connectivity index (χ0n) is 15.7. The molecule has 0 saturated heterocycles. The number of fused-ring (bicyclic) bond motifs is 3. The van der Waals surface area contributed by atoms with E-state index in [0.29, 0.717) is 33.5 Å². The summed E-state index contributed by atoms with van der Waals surface area (Å²) in [5.41, 5.74) is -1.61. The highest BCUT2D eigenvalue weighted by Gasteiger charge is 2.29. The van der Waals surface area contributed by atoms with Crippen molar-refractivity contribution in [3.63, 3.8) is 0 Å². The summed E-state index contributed by atoms with van der Waals surface area (Å²) in [4.78, 5) is 17.3. The number of aromatic nitrogens is 2. The molecule has 6 nitrogen and oxygen atoms in total. The fourth-order valence-corrected chi connectivity index (χ4v) is 4.34. The number of carbonyl (C=O) groups is 1. The van der Waals surface area contributed by atoms with Gasteiger partial charge >= 0.3 is 5.57 Å². The molecule has 0 bridgehead atoms. The number of imidazole rings is 1. The van der Waals surface area contributed by atoms with Crippen LogP contribution in [0.5, 0.6) is 5.75 Å². The molecule has 1 amide bonds. The molecule has 1 aromatic heterocycles. The van der Waals surface area contributed by atoms with Crippen LogP contribution in [0.1, 0.15) is 48.1 Å². The van der Waals surface area contributed by atoms with Crippen LogP contribution in [0, 0.1) is 0 Å². The predicted octanol–water partition coefficient (Wildman–Crippen LogP) is 5.61. The quantitative estimate of drug-likeness (QED) is 0.457. The summed E-state index contributed by atoms with van der Waals surface area (Å²) in [7, 11) is 0. The summed E-state index contributed by atoms with van der Waals surface area (Å²) >= 11 is 8.26. The van der Waals surface area contributed by atoms with Crippen LogP contribution in [0.4, 0.5) is 14.5 Å². The largest absolute Gasteiger partial charge is 0.487 e. The van der Waals surface area contributed by atoms with Gasteiger partial charge in [0.25, 0.3) is 5.91 Å². The van der Waals surface area contributed by atoms with Gasteiger partial charge in [0.15, 0.2) is 0 Å². The van der Waals surface area contributed by atoms with Crippen molar-refractivity contribution in [3.05, 3.63) is 52.3 Å². The Bertz CT molecular complexity index is 1120. The van der Waals surface area contributed by atoms with Crippen molar-refractivity contribution in [2.24, 2.45) is 0 Å². The van der Waals surface area contributed by atoms with Gasteiger partial charge < -0.3 is 19.7 Å². The lowest BCUT2D eigenvalue weighted by molar-refractivity contribution is -0.0964. The second-order valence-electron chi connectivity index (χ2n) is 7.13. The number of rotatable bonds is 4. The number of hydrogen-bond donors (Lipinski definition) is 2. The van der Waals surface area contributed by atoms with Gasteiger partial charge in [-0.3, -0.25) is 4.79 Å². The van der Waals surface area contributed by atoms with Gasteiger partial charge in [0.05, 0.1) is 11.0 Å². The Morgan fingerprint density at radius 1 is 1.33 bits per heavy atom. The third-order valence-electron chi connectivity index (χ3n) is 4.97. The average molecular weight is 501 g/mol. The number of carbonyl (C=O) groups excluding carboxylic acids is 1. The van der Waals surface area contributed by atoms with Crippen LogP contribution in [0.3, 0.4) is 0 Å². The van der Waals surface area contributed by atoms with Crippen LogP contribution in [0.25, 0.3) is 11.0 Å². The van der Waals surface area contributed by atoms with E-state index < -0.39 is 17.6 Å². The first-order chi connectivity index (χ1) is 14.1. The maximum Gasteiger partial charge on any atom is 0.487 e. The Morgan fingerprint density at radius 2 is 2.03 bits per heavy atom. The summed E-state index contributed by atoms with van der Waals surface area (Å²) in [5.74, 6) is 0.0654. The number of aliphatic hydroxyl groups is 1. The van der Waals surface area contributed by atoms with E-state index in [0.717, 1.165) is 11.9 Å². The van der Waals surface area contributed by atoms with Crippen LogP contribution in [-0.2, 0) is 0 Å². The van der Waals surface area contributed by atoms with Crippen molar-refractivity contribution in [1.82, 2.24) is 9.55 Å². The number of amides is 1. The molecule has 2 aromatic carbocycles. The number of benzene rings is 2. The van der Waals surface area contributed by atoms with Gasteiger partial charge in [0, 0.05) is 33.4 Å². The molecule has 3 aromatic rings. The smallest absolute Gasteiger partial charge is 0.420 e. The molecule has 2 heterocycles. The minimum atomic E-state index is -3.80. The Balaban J connectivity index is 1.60. The minimum absolute atomic E-state index is 0.131. The monoisotopic (exact) mass is 499 g/mol. The number of alkyl halides is 3. The first kappa shape index (κ1) is 21.0. The molecule has 0 radical (unpaired) electrons. The molecule has 1 aliphatic rings. The Kier molecular flexibility index (Phi) is 5.46. The van der Waals surface area contributed by atoms with Gasteiger partial charge in [0.1, 0.15) is 17.7 Å². The van der Waals surface area contributed by atoms with Crippen LogP contribution in [0.2, 0.25) is 0 Å². The number of hydrogen-bond acceptors (Lipinski definition) is 4. The molecular formula is C20H17BrClF2N3O3. The lowest BCUT2D eigenvalue weighted by atomic mass is 10.0. The summed E-state index contributed by atoms with van der Waals surface area (Å²) in [6.07, 6.45) is 0.841. The van der Waals surface area contributed by atoms with E-state index in [-0.39, 0.29) is 11.8 Å². The number of nitrogens with zero attached hydrogens (tertiary/aromatic N) is 2. The topological polar surface area (TPSA) is 76.4 Å². The van der Waals surface area contributed by atoms with Crippen molar-refractivity contribution in [2.45, 2.75) is 37.5 Å². The molecular weight excluding hydrogens is 484 g/mol. The van der Waals surface area contributed by atoms with Gasteiger partial charge in [-0.25, -0.2) is 4.98 Å². The number of ether oxygens (including phenoxy) is 1. The van der Waals surface area contributed by atoms with Crippen molar-refractivity contribution >= 4 is 50.2 Å². The average Bonchev–Trinajstić information content (AvgIpc) is 3.06. The summed E-state index contributed by atoms with van der Waals surface area (Å²) in [6.45, 7) is 2.07. The Labute approximate surface area is 183 Å². The molecule has 0 fully saturated rings. The SMILES string of the molecule is C[C@@H]1CC[C@@H](O)c2nc3cc(C(=O)Nc4ccc(OC(F)(F)Cl)cc4)cc(Br)c3n21.